The topological polar surface area (TPSA) is 46.2 Å². The summed E-state index contributed by atoms with van der Waals surface area (Å²) in [6, 6.07) is 7.75. The summed E-state index contributed by atoms with van der Waals surface area (Å²) < 4.78 is 23.9. The van der Waals surface area contributed by atoms with E-state index in [9.17, 15) is 8.42 Å². The van der Waals surface area contributed by atoms with Gasteiger partial charge in [-0.3, -0.25) is 0 Å². The maximum Gasteiger partial charge on any atom is 0.155 e. The summed E-state index contributed by atoms with van der Waals surface area (Å²) in [6.07, 6.45) is 0.654. The Morgan fingerprint density at radius 3 is 2.15 bits per heavy atom. The molecule has 2 rings (SSSR count). The highest BCUT2D eigenvalue weighted by atomic mass is 35.5. The van der Waals surface area contributed by atoms with Crippen molar-refractivity contribution in [2.24, 2.45) is 0 Å². The van der Waals surface area contributed by atoms with E-state index in [0.717, 1.165) is 13.1 Å². The van der Waals surface area contributed by atoms with Gasteiger partial charge in [-0.05, 0) is 44.9 Å². The second-order valence-corrected chi connectivity index (χ2v) is 9.87. The predicted octanol–water partition coefficient (Wildman–Crippen LogP) is 2.78. The Labute approximate surface area is 126 Å². The minimum atomic E-state index is -3.08. The molecule has 1 aliphatic heterocycles. The van der Waals surface area contributed by atoms with E-state index < -0.39 is 14.6 Å². The molecular formula is C15H22ClNO2S. The number of benzene rings is 1. The molecule has 1 aliphatic rings. The van der Waals surface area contributed by atoms with Crippen molar-refractivity contribution in [1.82, 2.24) is 5.32 Å². The van der Waals surface area contributed by atoms with E-state index in [4.69, 9.17) is 11.6 Å². The number of hydrogen-bond acceptors (Lipinski definition) is 3. The van der Waals surface area contributed by atoms with Gasteiger partial charge in [0.1, 0.15) is 0 Å². The molecule has 0 spiro atoms. The van der Waals surface area contributed by atoms with Gasteiger partial charge in [-0.15, -0.1) is 0 Å². The van der Waals surface area contributed by atoms with Crippen LogP contribution in [0.1, 0.15) is 32.8 Å². The summed E-state index contributed by atoms with van der Waals surface area (Å²) in [7, 11) is -3.08. The van der Waals surface area contributed by atoms with Gasteiger partial charge in [0, 0.05) is 23.5 Å². The lowest BCUT2D eigenvalue weighted by molar-refractivity contribution is 0.268. The molecule has 20 heavy (non-hydrogen) atoms. The van der Waals surface area contributed by atoms with E-state index in [-0.39, 0.29) is 11.2 Å². The quantitative estimate of drug-likeness (QED) is 0.929. The molecule has 1 fully saturated rings. The molecule has 1 heterocycles. The van der Waals surface area contributed by atoms with E-state index in [1.165, 1.54) is 5.56 Å². The maximum absolute atomic E-state index is 12.3. The van der Waals surface area contributed by atoms with Crippen molar-refractivity contribution < 1.29 is 8.42 Å². The van der Waals surface area contributed by atoms with Crippen LogP contribution in [0.25, 0.3) is 0 Å². The van der Waals surface area contributed by atoms with Gasteiger partial charge in [0.25, 0.3) is 0 Å². The zero-order chi connectivity index (χ0) is 15.0. The first-order chi connectivity index (χ1) is 9.16. The average molecular weight is 316 g/mol. The Morgan fingerprint density at radius 1 is 1.20 bits per heavy atom. The first-order valence-electron chi connectivity index (χ1n) is 6.85. The molecule has 0 amide bonds. The largest absolute Gasteiger partial charge is 0.315 e. The van der Waals surface area contributed by atoms with Gasteiger partial charge < -0.3 is 5.32 Å². The van der Waals surface area contributed by atoms with Crippen molar-refractivity contribution in [3.8, 4) is 0 Å². The van der Waals surface area contributed by atoms with Crippen LogP contribution in [0.4, 0.5) is 0 Å². The Morgan fingerprint density at radius 2 is 1.75 bits per heavy atom. The Hall–Kier alpha value is -0.580. The highest BCUT2D eigenvalue weighted by Crippen LogP contribution is 2.34. The van der Waals surface area contributed by atoms with Crippen molar-refractivity contribution in [1.29, 1.82) is 0 Å². The summed E-state index contributed by atoms with van der Waals surface area (Å²) >= 11 is 5.92. The lowest BCUT2D eigenvalue weighted by atomic mass is 9.73. The lowest BCUT2D eigenvalue weighted by Gasteiger charge is -2.43. The molecule has 0 aliphatic carbocycles. The van der Waals surface area contributed by atoms with Crippen LogP contribution in [0.2, 0.25) is 5.02 Å². The smallest absolute Gasteiger partial charge is 0.155 e. The molecule has 5 heteroatoms. The van der Waals surface area contributed by atoms with Crippen LogP contribution in [0.3, 0.4) is 0 Å². The van der Waals surface area contributed by atoms with Crippen LogP contribution in [0.5, 0.6) is 0 Å². The van der Waals surface area contributed by atoms with Crippen LogP contribution in [0.15, 0.2) is 24.3 Å². The SMILES string of the molecule is CC(C)(C)S(=O)(=O)CCC1(c2ccc(Cl)cc2)CNC1. The van der Waals surface area contributed by atoms with E-state index in [2.05, 4.69) is 5.32 Å². The minimum absolute atomic E-state index is 0.0666. The molecular weight excluding hydrogens is 294 g/mol. The molecule has 0 unspecified atom stereocenters. The average Bonchev–Trinajstić information content (AvgIpc) is 2.28. The van der Waals surface area contributed by atoms with Crippen LogP contribution in [-0.2, 0) is 15.3 Å². The fourth-order valence-corrected chi connectivity index (χ4v) is 3.79. The molecule has 112 valence electrons. The summed E-state index contributed by atoms with van der Waals surface area (Å²) in [6.45, 7) is 6.94. The van der Waals surface area contributed by atoms with Crippen molar-refractivity contribution >= 4 is 21.4 Å². The summed E-state index contributed by atoms with van der Waals surface area (Å²) in [5, 5.41) is 3.97. The summed E-state index contributed by atoms with van der Waals surface area (Å²) in [5.74, 6) is 0.223. The highest BCUT2D eigenvalue weighted by molar-refractivity contribution is 7.92. The number of rotatable bonds is 4. The second kappa shape index (κ2) is 5.32. The summed E-state index contributed by atoms with van der Waals surface area (Å²) in [4.78, 5) is 0. The van der Waals surface area contributed by atoms with Crippen LogP contribution in [0, 0.1) is 0 Å². The van der Waals surface area contributed by atoms with Crippen molar-refractivity contribution in [2.45, 2.75) is 37.4 Å². The fourth-order valence-electron chi connectivity index (χ4n) is 2.39. The standard InChI is InChI=1S/C15H22ClNO2S/c1-14(2,3)20(18,19)9-8-15(10-17-11-15)12-4-6-13(16)7-5-12/h4-7,17H,8-11H2,1-3H3. The second-order valence-electron chi connectivity index (χ2n) is 6.57. The molecule has 1 aromatic rings. The van der Waals surface area contributed by atoms with Crippen molar-refractivity contribution in [3.05, 3.63) is 34.9 Å². The number of nitrogens with one attached hydrogen (secondary N) is 1. The first-order valence-corrected chi connectivity index (χ1v) is 8.88. The van der Waals surface area contributed by atoms with Gasteiger partial charge in [0.15, 0.2) is 9.84 Å². The molecule has 1 saturated heterocycles. The lowest BCUT2D eigenvalue weighted by Crippen LogP contribution is -2.57. The number of hydrogen-bond donors (Lipinski definition) is 1. The first kappa shape index (κ1) is 15.8. The van der Waals surface area contributed by atoms with Crippen molar-refractivity contribution in [2.75, 3.05) is 18.8 Å². The highest BCUT2D eigenvalue weighted by Gasteiger charge is 2.41. The zero-order valence-corrected chi connectivity index (χ0v) is 13.8. The molecule has 0 aromatic heterocycles. The normalized spacial score (nSPS) is 18.6. The monoisotopic (exact) mass is 315 g/mol. The number of sulfone groups is 1. The Bertz CT molecular complexity index is 569. The van der Waals surface area contributed by atoms with Crippen LogP contribution in [-0.4, -0.2) is 32.0 Å². The van der Waals surface area contributed by atoms with Crippen LogP contribution < -0.4 is 5.32 Å². The molecule has 0 radical (unpaired) electrons. The van der Waals surface area contributed by atoms with E-state index >= 15 is 0 Å². The van der Waals surface area contributed by atoms with Gasteiger partial charge in [0.2, 0.25) is 0 Å². The van der Waals surface area contributed by atoms with E-state index in [1.807, 2.05) is 24.3 Å². The minimum Gasteiger partial charge on any atom is -0.315 e. The summed E-state index contributed by atoms with van der Waals surface area (Å²) in [5.41, 5.74) is 1.10. The third-order valence-corrected chi connectivity index (χ3v) is 7.03. The zero-order valence-electron chi connectivity index (χ0n) is 12.2. The molecule has 0 saturated carbocycles. The van der Waals surface area contributed by atoms with Gasteiger partial charge >= 0.3 is 0 Å². The van der Waals surface area contributed by atoms with Gasteiger partial charge in [-0.2, -0.15) is 0 Å². The molecule has 3 nitrogen and oxygen atoms in total. The van der Waals surface area contributed by atoms with E-state index in [0.29, 0.717) is 11.4 Å². The van der Waals surface area contributed by atoms with Gasteiger partial charge in [0.05, 0.1) is 10.5 Å². The van der Waals surface area contributed by atoms with Gasteiger partial charge in [-0.25, -0.2) is 8.42 Å². The molecule has 0 atom stereocenters. The molecule has 1 aromatic carbocycles. The predicted molar refractivity (Wildman–Crippen MR) is 84.2 cm³/mol. The Balaban J connectivity index is 2.16. The molecule has 0 bridgehead atoms. The van der Waals surface area contributed by atoms with E-state index in [1.54, 1.807) is 20.8 Å². The van der Waals surface area contributed by atoms with Crippen LogP contribution >= 0.6 is 11.6 Å². The van der Waals surface area contributed by atoms with Crippen molar-refractivity contribution in [3.63, 3.8) is 0 Å². The Kier molecular flexibility index (Phi) is 4.20. The number of halogens is 1. The van der Waals surface area contributed by atoms with Gasteiger partial charge in [-0.1, -0.05) is 23.7 Å². The molecule has 1 N–H and O–H groups in total. The maximum atomic E-state index is 12.3. The fraction of sp³-hybridized carbons (Fsp3) is 0.600. The third kappa shape index (κ3) is 3.02. The third-order valence-electron chi connectivity index (χ3n) is 4.17.